The molecule has 8 heteroatoms. The SMILES string of the molecule is C=O.CC.COC(CO)CCn1ccc2c(N)nc(Cl)nc21. The maximum atomic E-state index is 9.06. The Morgan fingerprint density at radius 1 is 1.45 bits per heavy atom. The molecule has 0 aliphatic rings. The Morgan fingerprint density at radius 3 is 2.64 bits per heavy atom. The van der Waals surface area contributed by atoms with Gasteiger partial charge in [-0.15, -0.1) is 0 Å². The monoisotopic (exact) mass is 330 g/mol. The van der Waals surface area contributed by atoms with Crippen LogP contribution in [-0.2, 0) is 16.1 Å². The van der Waals surface area contributed by atoms with Gasteiger partial charge in [-0.2, -0.15) is 4.98 Å². The Labute approximate surface area is 135 Å². The van der Waals surface area contributed by atoms with E-state index in [1.54, 1.807) is 7.11 Å². The summed E-state index contributed by atoms with van der Waals surface area (Å²) in [4.78, 5) is 16.1. The average Bonchev–Trinajstić information content (AvgIpc) is 2.95. The molecule has 2 heterocycles. The van der Waals surface area contributed by atoms with E-state index in [-0.39, 0.29) is 18.0 Å². The number of nitrogens with two attached hydrogens (primary N) is 1. The van der Waals surface area contributed by atoms with Crippen LogP contribution in [0.15, 0.2) is 12.3 Å². The van der Waals surface area contributed by atoms with Gasteiger partial charge in [0.2, 0.25) is 5.28 Å². The molecule has 0 fully saturated rings. The molecule has 2 aromatic rings. The third-order valence-electron chi connectivity index (χ3n) is 2.85. The van der Waals surface area contributed by atoms with Crippen LogP contribution in [-0.4, -0.2) is 46.3 Å². The van der Waals surface area contributed by atoms with Crippen LogP contribution in [0.1, 0.15) is 20.3 Å². The van der Waals surface area contributed by atoms with Crippen LogP contribution in [0, 0.1) is 0 Å². The first-order chi connectivity index (χ1) is 10.7. The van der Waals surface area contributed by atoms with Gasteiger partial charge in [0.25, 0.3) is 0 Å². The predicted octanol–water partition coefficient (Wildman–Crippen LogP) is 1.91. The molecular weight excluding hydrogens is 308 g/mol. The molecule has 2 rings (SSSR count). The Bertz CT molecular complexity index is 558. The maximum Gasteiger partial charge on any atom is 0.226 e. The number of methoxy groups -OCH3 is 1. The van der Waals surface area contributed by atoms with E-state index in [0.29, 0.717) is 24.4 Å². The van der Waals surface area contributed by atoms with Crippen LogP contribution in [0.3, 0.4) is 0 Å². The highest BCUT2D eigenvalue weighted by atomic mass is 35.5. The molecule has 2 aromatic heterocycles. The lowest BCUT2D eigenvalue weighted by molar-refractivity contribution is -0.0979. The van der Waals surface area contributed by atoms with Gasteiger partial charge in [-0.25, -0.2) is 4.98 Å². The Balaban J connectivity index is 0.00000102. The summed E-state index contributed by atoms with van der Waals surface area (Å²) in [5.74, 6) is 0.370. The standard InChI is InChI=1S/C11H15ClN4O2.C2H6.CH2O/c1-18-7(6-17)2-4-16-5-3-8-9(13)14-11(12)15-10(8)16;2*1-2/h3,5,7,17H,2,4,6H2,1H3,(H2,13,14,15);1-2H3;1H2. The van der Waals surface area contributed by atoms with E-state index in [1.807, 2.05) is 37.5 Å². The molecule has 22 heavy (non-hydrogen) atoms. The molecule has 0 bridgehead atoms. The fourth-order valence-corrected chi connectivity index (χ4v) is 1.98. The molecule has 0 aromatic carbocycles. The fourth-order valence-electron chi connectivity index (χ4n) is 1.81. The second-order valence-electron chi connectivity index (χ2n) is 3.95. The van der Waals surface area contributed by atoms with Crippen LogP contribution >= 0.6 is 11.6 Å². The van der Waals surface area contributed by atoms with E-state index in [2.05, 4.69) is 9.97 Å². The maximum absolute atomic E-state index is 9.06. The van der Waals surface area contributed by atoms with Crippen molar-refractivity contribution in [1.29, 1.82) is 0 Å². The number of carbonyl (C=O) groups is 1. The number of nitrogens with zero attached hydrogens (tertiary/aromatic N) is 3. The first-order valence-electron chi connectivity index (χ1n) is 6.86. The summed E-state index contributed by atoms with van der Waals surface area (Å²) >= 11 is 5.79. The summed E-state index contributed by atoms with van der Waals surface area (Å²) in [6, 6.07) is 1.85. The van der Waals surface area contributed by atoms with E-state index < -0.39 is 0 Å². The summed E-state index contributed by atoms with van der Waals surface area (Å²) in [7, 11) is 1.58. The summed E-state index contributed by atoms with van der Waals surface area (Å²) in [5, 5.41) is 9.96. The summed E-state index contributed by atoms with van der Waals surface area (Å²) < 4.78 is 7.03. The van der Waals surface area contributed by atoms with Crippen molar-refractivity contribution in [2.75, 3.05) is 19.5 Å². The van der Waals surface area contributed by atoms with Crippen molar-refractivity contribution in [1.82, 2.24) is 14.5 Å². The lowest BCUT2D eigenvalue weighted by Gasteiger charge is -2.12. The third kappa shape index (κ3) is 5.25. The molecule has 3 N–H and O–H groups in total. The van der Waals surface area contributed by atoms with Crippen LogP contribution in [0.4, 0.5) is 5.82 Å². The second kappa shape index (κ2) is 10.9. The highest BCUT2D eigenvalue weighted by Gasteiger charge is 2.11. The molecule has 0 aliphatic heterocycles. The van der Waals surface area contributed by atoms with Crippen molar-refractivity contribution >= 4 is 35.2 Å². The Kier molecular flexibility index (Phi) is 10.1. The van der Waals surface area contributed by atoms with E-state index >= 15 is 0 Å². The van der Waals surface area contributed by atoms with Gasteiger partial charge in [-0.3, -0.25) is 0 Å². The van der Waals surface area contributed by atoms with Gasteiger partial charge >= 0.3 is 0 Å². The topological polar surface area (TPSA) is 103 Å². The number of aliphatic hydroxyl groups is 1. The average molecular weight is 331 g/mol. The highest BCUT2D eigenvalue weighted by molar-refractivity contribution is 6.28. The normalized spacial score (nSPS) is 11.1. The van der Waals surface area contributed by atoms with Gasteiger partial charge in [0.15, 0.2) is 0 Å². The van der Waals surface area contributed by atoms with Gasteiger partial charge in [0, 0.05) is 19.9 Å². The molecule has 1 atom stereocenters. The van der Waals surface area contributed by atoms with Crippen molar-refractivity contribution in [3.63, 3.8) is 0 Å². The number of halogens is 1. The molecule has 0 radical (unpaired) electrons. The van der Waals surface area contributed by atoms with Gasteiger partial charge in [0.05, 0.1) is 18.1 Å². The Morgan fingerprint density at radius 2 is 2.09 bits per heavy atom. The minimum absolute atomic E-state index is 0.00637. The van der Waals surface area contributed by atoms with Gasteiger partial charge < -0.3 is 24.9 Å². The predicted molar refractivity (Wildman–Crippen MR) is 87.9 cm³/mol. The smallest absolute Gasteiger partial charge is 0.226 e. The van der Waals surface area contributed by atoms with Crippen molar-refractivity contribution < 1.29 is 14.6 Å². The van der Waals surface area contributed by atoms with E-state index in [9.17, 15) is 0 Å². The number of anilines is 1. The van der Waals surface area contributed by atoms with Crippen LogP contribution < -0.4 is 5.73 Å². The van der Waals surface area contributed by atoms with Gasteiger partial charge in [0.1, 0.15) is 18.3 Å². The molecular formula is C14H23ClN4O3. The zero-order valence-corrected chi connectivity index (χ0v) is 13.9. The lowest BCUT2D eigenvalue weighted by Crippen LogP contribution is -2.18. The van der Waals surface area contributed by atoms with Crippen LogP contribution in [0.25, 0.3) is 11.0 Å². The largest absolute Gasteiger partial charge is 0.394 e. The van der Waals surface area contributed by atoms with Gasteiger partial charge in [-0.1, -0.05) is 13.8 Å². The zero-order chi connectivity index (χ0) is 17.1. The minimum atomic E-state index is -0.183. The van der Waals surface area contributed by atoms with Crippen molar-refractivity contribution in [3.05, 3.63) is 17.5 Å². The number of hydrogen-bond acceptors (Lipinski definition) is 6. The number of aryl methyl sites for hydroxylation is 1. The minimum Gasteiger partial charge on any atom is -0.394 e. The van der Waals surface area contributed by atoms with E-state index in [0.717, 1.165) is 5.39 Å². The molecule has 0 saturated heterocycles. The second-order valence-corrected chi connectivity index (χ2v) is 4.29. The number of ether oxygens (including phenoxy) is 1. The fraction of sp³-hybridized carbons (Fsp3) is 0.500. The molecule has 0 spiro atoms. The first-order valence-corrected chi connectivity index (χ1v) is 7.24. The molecule has 0 saturated carbocycles. The van der Waals surface area contributed by atoms with Crippen molar-refractivity contribution in [2.45, 2.75) is 32.9 Å². The summed E-state index contributed by atoms with van der Waals surface area (Å²) in [5.41, 5.74) is 6.46. The third-order valence-corrected chi connectivity index (χ3v) is 3.02. The number of carbonyl (C=O) groups excluding carboxylic acids is 1. The molecule has 1 unspecified atom stereocenters. The van der Waals surface area contributed by atoms with Crippen LogP contribution in [0.2, 0.25) is 5.28 Å². The number of nitrogen functional groups attached to an aromatic ring is 1. The molecule has 0 aliphatic carbocycles. The Hall–Kier alpha value is -1.70. The number of aliphatic hydroxyl groups excluding tert-OH is 1. The molecule has 124 valence electrons. The van der Waals surface area contributed by atoms with Crippen molar-refractivity contribution in [3.8, 4) is 0 Å². The van der Waals surface area contributed by atoms with Gasteiger partial charge in [-0.05, 0) is 24.1 Å². The lowest BCUT2D eigenvalue weighted by atomic mass is 10.2. The summed E-state index contributed by atoms with van der Waals surface area (Å²) in [6.07, 6.45) is 2.37. The van der Waals surface area contributed by atoms with Crippen molar-refractivity contribution in [2.24, 2.45) is 0 Å². The van der Waals surface area contributed by atoms with E-state index in [1.165, 1.54) is 0 Å². The zero-order valence-electron chi connectivity index (χ0n) is 13.1. The van der Waals surface area contributed by atoms with E-state index in [4.69, 9.17) is 32.0 Å². The summed E-state index contributed by atoms with van der Waals surface area (Å²) in [6.45, 7) is 6.66. The molecule has 7 nitrogen and oxygen atoms in total. The first kappa shape index (κ1) is 20.3. The molecule has 0 amide bonds. The highest BCUT2D eigenvalue weighted by Crippen LogP contribution is 2.21. The quantitative estimate of drug-likeness (QED) is 0.812. The number of fused-ring (bicyclic) bond motifs is 1. The number of aromatic nitrogens is 3. The number of rotatable bonds is 5. The number of hydrogen-bond donors (Lipinski definition) is 2. The van der Waals surface area contributed by atoms with Crippen LogP contribution in [0.5, 0.6) is 0 Å².